The summed E-state index contributed by atoms with van der Waals surface area (Å²) >= 11 is 0. The molecule has 1 atom stereocenters. The Morgan fingerprint density at radius 2 is 1.86 bits per heavy atom. The van der Waals surface area contributed by atoms with Gasteiger partial charge in [-0.1, -0.05) is 30.3 Å². The van der Waals surface area contributed by atoms with Gasteiger partial charge in [0.1, 0.15) is 23.8 Å². The number of carbonyl (C=O) groups is 1. The number of aliphatic hydroxyl groups is 1. The molecule has 2 aromatic carbocycles. The minimum atomic E-state index is -1.10. The Balaban J connectivity index is 1.53. The molecule has 0 radical (unpaired) electrons. The molecule has 1 aromatic heterocycles. The number of oxazole rings is 1. The Hall–Kier alpha value is -3.12. The van der Waals surface area contributed by atoms with E-state index in [1.165, 1.54) is 0 Å². The van der Waals surface area contributed by atoms with Crippen molar-refractivity contribution in [1.82, 2.24) is 4.98 Å². The van der Waals surface area contributed by atoms with Crippen molar-refractivity contribution in [3.63, 3.8) is 0 Å². The van der Waals surface area contributed by atoms with Crippen molar-refractivity contribution in [3.8, 4) is 17.2 Å². The number of aryl methyl sites for hydroxylation is 2. The lowest BCUT2D eigenvalue weighted by atomic mass is 10.1. The third-order valence-corrected chi connectivity index (χ3v) is 4.48. The SMILES string of the molecule is CCOC(=O)C(O)CCc1ccc(OCc2nc(-c3ccccc3)oc2C)cc1. The van der Waals surface area contributed by atoms with Gasteiger partial charge in [0.15, 0.2) is 6.10 Å². The predicted octanol–water partition coefficient (Wildman–Crippen LogP) is 4.09. The maximum absolute atomic E-state index is 11.5. The van der Waals surface area contributed by atoms with Crippen LogP contribution < -0.4 is 4.74 Å². The number of aliphatic hydroxyl groups excluding tert-OH is 1. The third-order valence-electron chi connectivity index (χ3n) is 4.48. The minimum absolute atomic E-state index is 0.264. The fourth-order valence-electron chi connectivity index (χ4n) is 2.83. The maximum atomic E-state index is 11.5. The third kappa shape index (κ3) is 5.68. The van der Waals surface area contributed by atoms with Gasteiger partial charge in [-0.25, -0.2) is 9.78 Å². The molecule has 0 aliphatic rings. The molecule has 3 aromatic rings. The van der Waals surface area contributed by atoms with Crippen LogP contribution in [0.2, 0.25) is 0 Å². The zero-order chi connectivity index (χ0) is 20.6. The van der Waals surface area contributed by atoms with E-state index in [4.69, 9.17) is 13.9 Å². The highest BCUT2D eigenvalue weighted by molar-refractivity contribution is 5.74. The molecule has 0 aliphatic carbocycles. The van der Waals surface area contributed by atoms with Crippen molar-refractivity contribution in [3.05, 3.63) is 71.6 Å². The first-order valence-electron chi connectivity index (χ1n) is 9.65. The highest BCUT2D eigenvalue weighted by atomic mass is 16.5. The summed E-state index contributed by atoms with van der Waals surface area (Å²) in [6.45, 7) is 4.16. The van der Waals surface area contributed by atoms with Gasteiger partial charge in [0.25, 0.3) is 0 Å². The number of aromatic nitrogens is 1. The number of carbonyl (C=O) groups excluding carboxylic acids is 1. The zero-order valence-corrected chi connectivity index (χ0v) is 16.6. The van der Waals surface area contributed by atoms with Crippen molar-refractivity contribution in [2.75, 3.05) is 6.61 Å². The van der Waals surface area contributed by atoms with Gasteiger partial charge in [0.2, 0.25) is 5.89 Å². The minimum Gasteiger partial charge on any atom is -0.487 e. The molecule has 1 unspecified atom stereocenters. The van der Waals surface area contributed by atoms with E-state index < -0.39 is 12.1 Å². The van der Waals surface area contributed by atoms with Crippen LogP contribution in [0.1, 0.15) is 30.4 Å². The van der Waals surface area contributed by atoms with Crippen LogP contribution >= 0.6 is 0 Å². The molecular formula is C23H25NO5. The van der Waals surface area contributed by atoms with Crippen LogP contribution in [0.4, 0.5) is 0 Å². The standard InChI is InChI=1S/C23H25NO5/c1-3-27-23(26)21(25)14-11-17-9-12-19(13-10-17)28-15-20-16(2)29-22(24-20)18-7-5-4-6-8-18/h4-10,12-13,21,25H,3,11,14-15H2,1-2H3. The van der Waals surface area contributed by atoms with E-state index in [0.717, 1.165) is 22.6 Å². The first-order valence-corrected chi connectivity index (χ1v) is 9.65. The quantitative estimate of drug-likeness (QED) is 0.550. The second-order valence-electron chi connectivity index (χ2n) is 6.63. The topological polar surface area (TPSA) is 81.8 Å². The monoisotopic (exact) mass is 395 g/mol. The molecule has 0 spiro atoms. The van der Waals surface area contributed by atoms with Gasteiger partial charge in [-0.2, -0.15) is 0 Å². The van der Waals surface area contributed by atoms with E-state index in [1.54, 1.807) is 6.92 Å². The van der Waals surface area contributed by atoms with E-state index in [-0.39, 0.29) is 6.61 Å². The summed E-state index contributed by atoms with van der Waals surface area (Å²) in [6.07, 6.45) is -0.206. The van der Waals surface area contributed by atoms with Gasteiger partial charge in [-0.15, -0.1) is 0 Å². The van der Waals surface area contributed by atoms with Crippen LogP contribution in [-0.2, 0) is 22.6 Å². The summed E-state index contributed by atoms with van der Waals surface area (Å²) < 4.78 is 16.4. The van der Waals surface area contributed by atoms with Crippen molar-refractivity contribution in [1.29, 1.82) is 0 Å². The molecule has 1 N–H and O–H groups in total. The van der Waals surface area contributed by atoms with E-state index in [0.29, 0.717) is 31.1 Å². The van der Waals surface area contributed by atoms with Crippen molar-refractivity contribution < 1.29 is 23.8 Å². The smallest absolute Gasteiger partial charge is 0.334 e. The lowest BCUT2D eigenvalue weighted by molar-refractivity contribution is -0.153. The molecule has 152 valence electrons. The van der Waals surface area contributed by atoms with Gasteiger partial charge < -0.3 is 19.0 Å². The lowest BCUT2D eigenvalue weighted by Crippen LogP contribution is -2.23. The number of hydrogen-bond donors (Lipinski definition) is 1. The van der Waals surface area contributed by atoms with Gasteiger partial charge in [-0.3, -0.25) is 0 Å². The van der Waals surface area contributed by atoms with Gasteiger partial charge in [0, 0.05) is 5.56 Å². The first-order chi connectivity index (χ1) is 14.1. The second-order valence-corrected chi connectivity index (χ2v) is 6.63. The number of benzene rings is 2. The summed E-state index contributed by atoms with van der Waals surface area (Å²) in [5.74, 6) is 1.44. The lowest BCUT2D eigenvalue weighted by Gasteiger charge is -2.10. The molecule has 29 heavy (non-hydrogen) atoms. The van der Waals surface area contributed by atoms with Crippen LogP contribution in [0.5, 0.6) is 5.75 Å². The van der Waals surface area contributed by atoms with E-state index >= 15 is 0 Å². The Morgan fingerprint density at radius 3 is 2.55 bits per heavy atom. The molecule has 0 saturated carbocycles. The number of rotatable bonds is 9. The normalized spacial score (nSPS) is 11.8. The van der Waals surface area contributed by atoms with Crippen molar-refractivity contribution in [2.24, 2.45) is 0 Å². The van der Waals surface area contributed by atoms with E-state index in [1.807, 2.05) is 61.5 Å². The Kier molecular flexibility index (Phi) is 7.03. The average molecular weight is 395 g/mol. The van der Waals surface area contributed by atoms with Crippen molar-refractivity contribution in [2.45, 2.75) is 39.4 Å². The summed E-state index contributed by atoms with van der Waals surface area (Å²) in [5.41, 5.74) is 2.69. The Labute approximate surface area is 170 Å². The van der Waals surface area contributed by atoms with E-state index in [9.17, 15) is 9.90 Å². The van der Waals surface area contributed by atoms with Gasteiger partial charge in [-0.05, 0) is 56.5 Å². The molecule has 3 rings (SSSR count). The zero-order valence-electron chi connectivity index (χ0n) is 16.6. The fourth-order valence-corrected chi connectivity index (χ4v) is 2.83. The van der Waals surface area contributed by atoms with Crippen LogP contribution in [-0.4, -0.2) is 28.8 Å². The summed E-state index contributed by atoms with van der Waals surface area (Å²) in [4.78, 5) is 16.0. The predicted molar refractivity (Wildman–Crippen MR) is 108 cm³/mol. The summed E-state index contributed by atoms with van der Waals surface area (Å²) in [7, 11) is 0. The maximum Gasteiger partial charge on any atom is 0.334 e. The molecule has 0 bridgehead atoms. The van der Waals surface area contributed by atoms with Gasteiger partial charge >= 0.3 is 5.97 Å². The van der Waals surface area contributed by atoms with Crippen molar-refractivity contribution >= 4 is 5.97 Å². The molecule has 6 nitrogen and oxygen atoms in total. The van der Waals surface area contributed by atoms with Crippen LogP contribution in [0.15, 0.2) is 59.0 Å². The molecule has 1 heterocycles. The fraction of sp³-hybridized carbons (Fsp3) is 0.304. The van der Waals surface area contributed by atoms with Crippen LogP contribution in [0.3, 0.4) is 0 Å². The first kappa shape index (κ1) is 20.6. The summed E-state index contributed by atoms with van der Waals surface area (Å²) in [5, 5.41) is 9.77. The van der Waals surface area contributed by atoms with Gasteiger partial charge in [0.05, 0.1) is 6.61 Å². The highest BCUT2D eigenvalue weighted by Gasteiger charge is 2.16. The Morgan fingerprint density at radius 1 is 1.14 bits per heavy atom. The van der Waals surface area contributed by atoms with Crippen LogP contribution in [0.25, 0.3) is 11.5 Å². The van der Waals surface area contributed by atoms with E-state index in [2.05, 4.69) is 4.98 Å². The molecule has 6 heteroatoms. The van der Waals surface area contributed by atoms with Crippen LogP contribution in [0, 0.1) is 6.92 Å². The molecule has 0 amide bonds. The number of esters is 1. The molecular weight excluding hydrogens is 370 g/mol. The highest BCUT2D eigenvalue weighted by Crippen LogP contribution is 2.23. The second kappa shape index (κ2) is 9.89. The summed E-state index contributed by atoms with van der Waals surface area (Å²) in [6, 6.07) is 17.3. The largest absolute Gasteiger partial charge is 0.487 e. The number of hydrogen-bond acceptors (Lipinski definition) is 6. The molecule has 0 saturated heterocycles. The molecule has 0 fully saturated rings. The number of ether oxygens (including phenoxy) is 2. The molecule has 0 aliphatic heterocycles. The number of nitrogens with zero attached hydrogens (tertiary/aromatic N) is 1. The Bertz CT molecular complexity index is 918. The average Bonchev–Trinajstić information content (AvgIpc) is 3.12.